The van der Waals surface area contributed by atoms with Crippen LogP contribution in [0.4, 0.5) is 0 Å². The number of nitrogens with two attached hydrogens (primary N) is 1. The van der Waals surface area contributed by atoms with Gasteiger partial charge < -0.3 is 15.5 Å². The van der Waals surface area contributed by atoms with Crippen LogP contribution >= 0.6 is 0 Å². The number of rotatable bonds is 6. The van der Waals surface area contributed by atoms with Gasteiger partial charge in [-0.25, -0.2) is 0 Å². The number of unbranched alkanes of at least 4 members (excludes halogenated alkanes) is 1. The van der Waals surface area contributed by atoms with Crippen LogP contribution in [0.15, 0.2) is 36.4 Å². The van der Waals surface area contributed by atoms with Gasteiger partial charge in [0.05, 0.1) is 12.8 Å². The number of aromatic nitrogens is 1. The van der Waals surface area contributed by atoms with E-state index in [4.69, 9.17) is 10.5 Å². The summed E-state index contributed by atoms with van der Waals surface area (Å²) >= 11 is 0. The number of H-pyrrole nitrogens is 1. The van der Waals surface area contributed by atoms with E-state index >= 15 is 0 Å². The van der Waals surface area contributed by atoms with Crippen molar-refractivity contribution in [3.05, 3.63) is 53.1 Å². The summed E-state index contributed by atoms with van der Waals surface area (Å²) in [5.41, 5.74) is 13.2. The maximum atomic E-state index is 5.70. The molecule has 0 radical (unpaired) electrons. The number of hydrogen-bond acceptors (Lipinski definition) is 2. The van der Waals surface area contributed by atoms with Crippen molar-refractivity contribution < 1.29 is 4.74 Å². The monoisotopic (exact) mass is 322 g/mol. The molecule has 3 N–H and O–H groups in total. The number of fused-ring (bicyclic) bond motifs is 1. The minimum absolute atomic E-state index is 0.740. The topological polar surface area (TPSA) is 51.0 Å². The van der Waals surface area contributed by atoms with E-state index in [9.17, 15) is 0 Å². The maximum absolute atomic E-state index is 5.70. The minimum atomic E-state index is 0.740. The first kappa shape index (κ1) is 16.6. The van der Waals surface area contributed by atoms with Crippen LogP contribution in [0, 0.1) is 13.8 Å². The van der Waals surface area contributed by atoms with Crippen molar-refractivity contribution in [2.24, 2.45) is 5.73 Å². The second-order valence-electron chi connectivity index (χ2n) is 6.43. The Hall–Kier alpha value is -2.26. The number of para-hydroxylation sites is 1. The molecule has 3 rings (SSSR count). The van der Waals surface area contributed by atoms with Gasteiger partial charge >= 0.3 is 0 Å². The standard InChI is InChI=1S/C21H26N2O/c1-14-12-15(2)20-18(13-14)16(8-6-7-11-22)21(23-20)17-9-4-5-10-19(17)24-3/h4-5,9-10,12-13,23H,6-8,11,22H2,1-3H3. The lowest BCUT2D eigenvalue weighted by Gasteiger charge is -2.09. The second-order valence-corrected chi connectivity index (χ2v) is 6.43. The number of aromatic amines is 1. The average molecular weight is 322 g/mol. The van der Waals surface area contributed by atoms with E-state index in [0.717, 1.165) is 37.1 Å². The van der Waals surface area contributed by atoms with Gasteiger partial charge in [-0.05, 0) is 69.0 Å². The molecule has 1 aromatic heterocycles. The SMILES string of the molecule is COc1ccccc1-c1[nH]c2c(C)cc(C)cc2c1CCCCN. The molecule has 24 heavy (non-hydrogen) atoms. The summed E-state index contributed by atoms with van der Waals surface area (Å²) in [6, 6.07) is 12.7. The summed E-state index contributed by atoms with van der Waals surface area (Å²) in [7, 11) is 1.73. The Kier molecular flexibility index (Phi) is 4.91. The van der Waals surface area contributed by atoms with Crippen LogP contribution in [0.3, 0.4) is 0 Å². The van der Waals surface area contributed by atoms with Crippen LogP contribution in [-0.4, -0.2) is 18.6 Å². The zero-order chi connectivity index (χ0) is 17.1. The molecule has 0 amide bonds. The predicted octanol–water partition coefficient (Wildman–Crippen LogP) is 4.74. The van der Waals surface area contributed by atoms with E-state index in [1.54, 1.807) is 7.11 Å². The summed E-state index contributed by atoms with van der Waals surface area (Å²) < 4.78 is 5.59. The molecule has 0 spiro atoms. The van der Waals surface area contributed by atoms with Crippen LogP contribution in [0.2, 0.25) is 0 Å². The highest BCUT2D eigenvalue weighted by Crippen LogP contribution is 2.37. The summed E-state index contributed by atoms with van der Waals surface area (Å²) in [5, 5.41) is 1.32. The van der Waals surface area contributed by atoms with Crippen LogP contribution in [0.1, 0.15) is 29.5 Å². The maximum Gasteiger partial charge on any atom is 0.128 e. The van der Waals surface area contributed by atoms with Crippen LogP contribution in [0.5, 0.6) is 5.75 Å². The van der Waals surface area contributed by atoms with Gasteiger partial charge in [-0.15, -0.1) is 0 Å². The lowest BCUT2D eigenvalue weighted by atomic mass is 9.98. The number of benzene rings is 2. The first-order valence-corrected chi connectivity index (χ1v) is 8.61. The zero-order valence-electron chi connectivity index (χ0n) is 14.8. The van der Waals surface area contributed by atoms with Gasteiger partial charge in [0.25, 0.3) is 0 Å². The van der Waals surface area contributed by atoms with E-state index in [1.807, 2.05) is 12.1 Å². The third-order valence-electron chi connectivity index (χ3n) is 4.61. The third kappa shape index (κ3) is 3.04. The first-order chi connectivity index (χ1) is 11.7. The lowest BCUT2D eigenvalue weighted by molar-refractivity contribution is 0.416. The quantitative estimate of drug-likeness (QED) is 0.644. The molecule has 0 unspecified atom stereocenters. The number of ether oxygens (including phenoxy) is 1. The molecule has 0 aliphatic heterocycles. The fourth-order valence-corrected chi connectivity index (χ4v) is 3.49. The van der Waals surface area contributed by atoms with Gasteiger partial charge in [0.2, 0.25) is 0 Å². The Balaban J connectivity index is 2.22. The predicted molar refractivity (Wildman–Crippen MR) is 102 cm³/mol. The Morgan fingerprint density at radius 3 is 2.62 bits per heavy atom. The second kappa shape index (κ2) is 7.10. The Labute approximate surface area is 143 Å². The summed E-state index contributed by atoms with van der Waals surface area (Å²) in [6.07, 6.45) is 3.16. The highest BCUT2D eigenvalue weighted by molar-refractivity contribution is 5.94. The van der Waals surface area contributed by atoms with Gasteiger partial charge in [0.15, 0.2) is 0 Å². The van der Waals surface area contributed by atoms with Gasteiger partial charge in [-0.1, -0.05) is 23.8 Å². The van der Waals surface area contributed by atoms with Gasteiger partial charge in [-0.2, -0.15) is 0 Å². The van der Waals surface area contributed by atoms with Crippen molar-refractivity contribution in [3.8, 4) is 17.0 Å². The Morgan fingerprint density at radius 1 is 1.08 bits per heavy atom. The average Bonchev–Trinajstić information content (AvgIpc) is 2.94. The largest absolute Gasteiger partial charge is 0.496 e. The zero-order valence-corrected chi connectivity index (χ0v) is 14.8. The van der Waals surface area contributed by atoms with E-state index < -0.39 is 0 Å². The fraction of sp³-hybridized carbons (Fsp3) is 0.333. The number of aryl methyl sites for hydroxylation is 3. The van der Waals surface area contributed by atoms with Gasteiger partial charge in [-0.3, -0.25) is 0 Å². The summed E-state index contributed by atoms with van der Waals surface area (Å²) in [6.45, 7) is 5.07. The molecule has 0 saturated heterocycles. The molecular weight excluding hydrogens is 296 g/mol. The van der Waals surface area contributed by atoms with E-state index in [0.29, 0.717) is 0 Å². The van der Waals surface area contributed by atoms with E-state index in [1.165, 1.54) is 33.3 Å². The van der Waals surface area contributed by atoms with E-state index in [2.05, 4.69) is 43.1 Å². The molecule has 0 bridgehead atoms. The van der Waals surface area contributed by atoms with Crippen LogP contribution in [-0.2, 0) is 6.42 Å². The minimum Gasteiger partial charge on any atom is -0.496 e. The van der Waals surface area contributed by atoms with Crippen molar-refractivity contribution in [1.29, 1.82) is 0 Å². The highest BCUT2D eigenvalue weighted by Gasteiger charge is 2.17. The molecule has 3 heteroatoms. The normalized spacial score (nSPS) is 11.2. The number of hydrogen-bond donors (Lipinski definition) is 2. The van der Waals surface area contributed by atoms with Gasteiger partial charge in [0, 0.05) is 16.5 Å². The van der Waals surface area contributed by atoms with Crippen molar-refractivity contribution in [2.45, 2.75) is 33.1 Å². The molecule has 126 valence electrons. The van der Waals surface area contributed by atoms with Crippen molar-refractivity contribution in [2.75, 3.05) is 13.7 Å². The molecule has 0 aliphatic rings. The smallest absolute Gasteiger partial charge is 0.128 e. The molecule has 0 aliphatic carbocycles. The molecular formula is C21H26N2O. The van der Waals surface area contributed by atoms with Crippen molar-refractivity contribution >= 4 is 10.9 Å². The first-order valence-electron chi connectivity index (χ1n) is 8.61. The third-order valence-corrected chi connectivity index (χ3v) is 4.61. The molecule has 0 saturated carbocycles. The summed E-state index contributed by atoms with van der Waals surface area (Å²) in [4.78, 5) is 3.67. The van der Waals surface area contributed by atoms with Crippen LogP contribution in [0.25, 0.3) is 22.2 Å². The molecule has 0 atom stereocenters. The van der Waals surface area contributed by atoms with Gasteiger partial charge in [0.1, 0.15) is 5.75 Å². The molecule has 1 heterocycles. The molecule has 2 aromatic carbocycles. The molecule has 0 fully saturated rings. The van der Waals surface area contributed by atoms with Crippen LogP contribution < -0.4 is 10.5 Å². The lowest BCUT2D eigenvalue weighted by Crippen LogP contribution is -1.99. The summed E-state index contributed by atoms with van der Waals surface area (Å²) in [5.74, 6) is 0.901. The van der Waals surface area contributed by atoms with E-state index in [-0.39, 0.29) is 0 Å². The Morgan fingerprint density at radius 2 is 1.88 bits per heavy atom. The number of nitrogens with one attached hydrogen (secondary N) is 1. The number of methoxy groups -OCH3 is 1. The Bertz CT molecular complexity index is 848. The molecule has 3 nitrogen and oxygen atoms in total. The highest BCUT2D eigenvalue weighted by atomic mass is 16.5. The fourth-order valence-electron chi connectivity index (χ4n) is 3.49. The van der Waals surface area contributed by atoms with Crippen molar-refractivity contribution in [1.82, 2.24) is 4.98 Å². The molecule has 3 aromatic rings. The van der Waals surface area contributed by atoms with Crippen molar-refractivity contribution in [3.63, 3.8) is 0 Å².